The first-order chi connectivity index (χ1) is 14.5. The number of carboxylic acid groups (broad SMARTS) is 1. The molecule has 3 aromatic carbocycles. The minimum Gasteiger partial charge on any atom is -0.478 e. The predicted molar refractivity (Wildman–Crippen MR) is 108 cm³/mol. The molecule has 12 heteroatoms. The molecular formula is C19H14F2N2O6S2. The fourth-order valence-electron chi connectivity index (χ4n) is 2.46. The molecule has 0 aliphatic rings. The Morgan fingerprint density at radius 1 is 0.677 bits per heavy atom. The molecule has 0 radical (unpaired) electrons. The van der Waals surface area contributed by atoms with Crippen molar-refractivity contribution in [3.05, 3.63) is 83.9 Å². The smallest absolute Gasteiger partial charge is 0.335 e. The molecule has 3 N–H and O–H groups in total. The van der Waals surface area contributed by atoms with Gasteiger partial charge < -0.3 is 5.11 Å². The van der Waals surface area contributed by atoms with Crippen LogP contribution in [0.1, 0.15) is 10.4 Å². The van der Waals surface area contributed by atoms with Crippen molar-refractivity contribution in [1.82, 2.24) is 0 Å². The van der Waals surface area contributed by atoms with Crippen molar-refractivity contribution in [1.29, 1.82) is 0 Å². The van der Waals surface area contributed by atoms with Gasteiger partial charge in [0.15, 0.2) is 11.6 Å². The quantitative estimate of drug-likeness (QED) is 0.488. The zero-order valence-electron chi connectivity index (χ0n) is 15.4. The highest BCUT2D eigenvalue weighted by molar-refractivity contribution is 7.93. The fraction of sp³-hybridized carbons (Fsp3) is 0. The third-order valence-electron chi connectivity index (χ3n) is 4.00. The van der Waals surface area contributed by atoms with Crippen LogP contribution in [0.3, 0.4) is 0 Å². The van der Waals surface area contributed by atoms with Gasteiger partial charge >= 0.3 is 5.97 Å². The predicted octanol–water partition coefficient (Wildman–Crippen LogP) is 3.26. The summed E-state index contributed by atoms with van der Waals surface area (Å²) in [5, 5.41) is 8.87. The van der Waals surface area contributed by atoms with Crippen LogP contribution in [0, 0.1) is 11.6 Å². The third-order valence-corrected chi connectivity index (χ3v) is 6.78. The number of nitrogens with one attached hydrogen (secondary N) is 2. The maximum atomic E-state index is 13.3. The van der Waals surface area contributed by atoms with E-state index in [-0.39, 0.29) is 21.8 Å². The van der Waals surface area contributed by atoms with Gasteiger partial charge in [-0.15, -0.1) is 0 Å². The van der Waals surface area contributed by atoms with E-state index in [1.54, 1.807) is 0 Å². The van der Waals surface area contributed by atoms with E-state index in [1.165, 1.54) is 24.3 Å². The Morgan fingerprint density at radius 3 is 1.58 bits per heavy atom. The summed E-state index contributed by atoms with van der Waals surface area (Å²) < 4.78 is 80.1. The zero-order chi connectivity index (χ0) is 22.8. The number of hydrogen-bond donors (Lipinski definition) is 3. The number of benzene rings is 3. The lowest BCUT2D eigenvalue weighted by atomic mass is 10.2. The minimum atomic E-state index is -4.20. The molecule has 0 aromatic heterocycles. The number of sulfonamides is 2. The van der Waals surface area contributed by atoms with E-state index in [1.807, 2.05) is 0 Å². The topological polar surface area (TPSA) is 130 Å². The summed E-state index contributed by atoms with van der Waals surface area (Å²) in [6.45, 7) is 0. The van der Waals surface area contributed by atoms with Gasteiger partial charge in [0.05, 0.1) is 15.4 Å². The summed E-state index contributed by atoms with van der Waals surface area (Å²) in [5.74, 6) is -3.70. The molecule has 0 unspecified atom stereocenters. The van der Waals surface area contributed by atoms with Gasteiger partial charge in [-0.05, 0) is 66.7 Å². The van der Waals surface area contributed by atoms with Crippen LogP contribution < -0.4 is 9.44 Å². The van der Waals surface area contributed by atoms with Crippen molar-refractivity contribution in [3.8, 4) is 0 Å². The van der Waals surface area contributed by atoms with E-state index >= 15 is 0 Å². The second-order valence-electron chi connectivity index (χ2n) is 6.19. The normalized spacial score (nSPS) is 11.7. The molecule has 0 fully saturated rings. The second-order valence-corrected chi connectivity index (χ2v) is 9.56. The highest BCUT2D eigenvalue weighted by atomic mass is 32.2. The Morgan fingerprint density at radius 2 is 1.13 bits per heavy atom. The van der Waals surface area contributed by atoms with Gasteiger partial charge in [-0.3, -0.25) is 9.44 Å². The molecule has 3 aromatic rings. The van der Waals surface area contributed by atoms with Crippen molar-refractivity contribution >= 4 is 37.4 Å². The largest absolute Gasteiger partial charge is 0.478 e. The lowest BCUT2D eigenvalue weighted by molar-refractivity contribution is 0.0696. The number of anilines is 2. The number of halogens is 2. The first kappa shape index (κ1) is 22.2. The van der Waals surface area contributed by atoms with Crippen molar-refractivity contribution in [2.24, 2.45) is 0 Å². The molecule has 3 rings (SSSR count). The maximum absolute atomic E-state index is 13.3. The van der Waals surface area contributed by atoms with Crippen molar-refractivity contribution in [2.75, 3.05) is 9.44 Å². The van der Waals surface area contributed by atoms with Gasteiger partial charge in [0, 0.05) is 11.4 Å². The van der Waals surface area contributed by atoms with E-state index in [4.69, 9.17) is 5.11 Å². The highest BCUT2D eigenvalue weighted by Gasteiger charge is 2.18. The summed E-state index contributed by atoms with van der Waals surface area (Å²) in [7, 11) is -8.21. The first-order valence-corrected chi connectivity index (χ1v) is 11.4. The molecule has 0 heterocycles. The summed E-state index contributed by atoms with van der Waals surface area (Å²) >= 11 is 0. The summed E-state index contributed by atoms with van der Waals surface area (Å²) in [5.41, 5.74) is 0.0909. The number of rotatable bonds is 7. The van der Waals surface area contributed by atoms with E-state index < -0.39 is 42.5 Å². The molecular weight excluding hydrogens is 454 g/mol. The lowest BCUT2D eigenvalue weighted by Crippen LogP contribution is -2.14. The lowest BCUT2D eigenvalue weighted by Gasteiger charge is -2.11. The maximum Gasteiger partial charge on any atom is 0.335 e. The minimum absolute atomic E-state index is 0.0542. The molecule has 0 amide bonds. The Labute approximate surface area is 176 Å². The van der Waals surface area contributed by atoms with Gasteiger partial charge in [-0.2, -0.15) is 0 Å². The van der Waals surface area contributed by atoms with Crippen LogP contribution in [0.2, 0.25) is 0 Å². The van der Waals surface area contributed by atoms with Crippen LogP contribution in [0.5, 0.6) is 0 Å². The Bertz CT molecular complexity index is 1340. The van der Waals surface area contributed by atoms with Gasteiger partial charge in [0.25, 0.3) is 20.0 Å². The van der Waals surface area contributed by atoms with Gasteiger partial charge in [0.1, 0.15) is 0 Å². The summed E-state index contributed by atoms with van der Waals surface area (Å²) in [4.78, 5) is 10.2. The average Bonchev–Trinajstić information content (AvgIpc) is 2.71. The molecule has 0 aliphatic carbocycles. The first-order valence-electron chi connectivity index (χ1n) is 8.42. The van der Waals surface area contributed by atoms with Crippen LogP contribution in [0.25, 0.3) is 0 Å². The van der Waals surface area contributed by atoms with Crippen LogP contribution in [0.15, 0.2) is 76.5 Å². The number of carbonyl (C=O) groups is 1. The zero-order valence-corrected chi connectivity index (χ0v) is 17.0. The molecule has 162 valence electrons. The monoisotopic (exact) mass is 468 g/mol. The SMILES string of the molecule is O=C(O)c1ccc(S(=O)(=O)Nc2ccc(NS(=O)(=O)c3ccc(F)c(F)c3)cc2)cc1. The molecule has 31 heavy (non-hydrogen) atoms. The number of aromatic carboxylic acids is 1. The number of carboxylic acids is 1. The summed E-state index contributed by atoms with van der Waals surface area (Å²) in [6.07, 6.45) is 0. The Hall–Kier alpha value is -3.51. The standard InChI is InChI=1S/C19H14F2N2O6S2/c20-17-10-9-16(11-18(17)21)31(28,29)23-14-5-3-13(4-6-14)22-30(26,27)15-7-1-12(2-8-15)19(24)25/h1-11,22-23H,(H,24,25). The molecule has 0 atom stereocenters. The third kappa shape index (κ3) is 5.16. The van der Waals surface area contributed by atoms with Crippen LogP contribution in [-0.2, 0) is 20.0 Å². The average molecular weight is 468 g/mol. The van der Waals surface area contributed by atoms with E-state index in [2.05, 4.69) is 9.44 Å². The van der Waals surface area contributed by atoms with E-state index in [0.29, 0.717) is 12.1 Å². The molecule has 8 nitrogen and oxygen atoms in total. The van der Waals surface area contributed by atoms with Gasteiger partial charge in [-0.25, -0.2) is 30.4 Å². The molecule has 0 aliphatic heterocycles. The fourth-order valence-corrected chi connectivity index (χ4v) is 4.58. The molecule has 0 bridgehead atoms. The van der Waals surface area contributed by atoms with E-state index in [0.717, 1.165) is 30.3 Å². The van der Waals surface area contributed by atoms with Crippen molar-refractivity contribution in [3.63, 3.8) is 0 Å². The van der Waals surface area contributed by atoms with E-state index in [9.17, 15) is 30.4 Å². The number of hydrogen-bond acceptors (Lipinski definition) is 5. The molecule has 0 saturated carbocycles. The molecule has 0 spiro atoms. The van der Waals surface area contributed by atoms with Crippen LogP contribution in [-0.4, -0.2) is 27.9 Å². The van der Waals surface area contributed by atoms with Crippen molar-refractivity contribution < 1.29 is 35.5 Å². The molecule has 0 saturated heterocycles. The Balaban J connectivity index is 1.75. The van der Waals surface area contributed by atoms with Crippen LogP contribution >= 0.6 is 0 Å². The van der Waals surface area contributed by atoms with Gasteiger partial charge in [0.2, 0.25) is 0 Å². The van der Waals surface area contributed by atoms with Crippen LogP contribution in [0.4, 0.5) is 20.2 Å². The van der Waals surface area contributed by atoms with Gasteiger partial charge in [-0.1, -0.05) is 0 Å². The van der Waals surface area contributed by atoms with Crippen molar-refractivity contribution in [2.45, 2.75) is 9.79 Å². The second kappa shape index (κ2) is 8.32. The Kier molecular flexibility index (Phi) is 5.95. The highest BCUT2D eigenvalue weighted by Crippen LogP contribution is 2.22. The summed E-state index contributed by atoms with van der Waals surface area (Å²) in [6, 6.07) is 11.8.